The molecule has 4 aromatic rings. The van der Waals surface area contributed by atoms with Crippen molar-refractivity contribution in [3.63, 3.8) is 0 Å². The van der Waals surface area contributed by atoms with E-state index < -0.39 is 5.25 Å². The Morgan fingerprint density at radius 1 is 1.00 bits per heavy atom. The Kier molecular flexibility index (Phi) is 7.95. The number of hydrogen-bond acceptors (Lipinski definition) is 6. The molecule has 7 nitrogen and oxygen atoms in total. The molecule has 1 atom stereocenters. The number of carbonyl (C=O) groups excluding carboxylic acids is 1. The second-order valence-electron chi connectivity index (χ2n) is 8.14. The van der Waals surface area contributed by atoms with Gasteiger partial charge in [0.2, 0.25) is 0 Å². The van der Waals surface area contributed by atoms with Crippen LogP contribution in [0, 0.1) is 13.8 Å². The third-order valence-corrected chi connectivity index (χ3v) is 6.48. The minimum atomic E-state index is -0.423. The van der Waals surface area contributed by atoms with Crippen LogP contribution in [0.5, 0.6) is 0 Å². The molecule has 1 amide bonds. The number of para-hydroxylation sites is 1. The Morgan fingerprint density at radius 2 is 1.71 bits per heavy atom. The van der Waals surface area contributed by atoms with Crippen molar-refractivity contribution in [2.75, 3.05) is 5.32 Å². The molecule has 1 aromatic heterocycles. The molecule has 8 heteroatoms. The summed E-state index contributed by atoms with van der Waals surface area (Å²) >= 11 is 1.34. The fourth-order valence-corrected chi connectivity index (χ4v) is 4.26. The van der Waals surface area contributed by atoms with Gasteiger partial charge in [-0.25, -0.2) is 5.43 Å². The number of carbonyl (C=O) groups is 1. The summed E-state index contributed by atoms with van der Waals surface area (Å²) in [5.74, 6) is 0.547. The van der Waals surface area contributed by atoms with Crippen molar-refractivity contribution in [3.05, 3.63) is 101 Å². The topological polar surface area (TPSA) is 84.2 Å². The van der Waals surface area contributed by atoms with Gasteiger partial charge in [-0.2, -0.15) is 5.10 Å². The average molecular weight is 485 g/mol. The molecule has 0 spiro atoms. The fourth-order valence-electron chi connectivity index (χ4n) is 3.38. The predicted octanol–water partition coefficient (Wildman–Crippen LogP) is 5.13. The van der Waals surface area contributed by atoms with Crippen molar-refractivity contribution >= 4 is 29.6 Å². The van der Waals surface area contributed by atoms with Gasteiger partial charge in [0.15, 0.2) is 11.0 Å². The zero-order chi connectivity index (χ0) is 24.6. The summed E-state index contributed by atoms with van der Waals surface area (Å²) in [4.78, 5) is 12.7. The van der Waals surface area contributed by atoms with Crippen LogP contribution in [0.3, 0.4) is 0 Å². The highest BCUT2D eigenvalue weighted by atomic mass is 32.2. The molecule has 0 bridgehead atoms. The van der Waals surface area contributed by atoms with Crippen LogP contribution in [-0.2, 0) is 11.3 Å². The minimum absolute atomic E-state index is 0.207. The average Bonchev–Trinajstić information content (AvgIpc) is 3.27. The Morgan fingerprint density at radius 3 is 2.46 bits per heavy atom. The van der Waals surface area contributed by atoms with Gasteiger partial charge in [-0.05, 0) is 56.2 Å². The van der Waals surface area contributed by atoms with E-state index in [9.17, 15) is 4.79 Å². The maximum absolute atomic E-state index is 12.7. The van der Waals surface area contributed by atoms with Gasteiger partial charge in [0.05, 0.1) is 18.0 Å². The molecule has 4 rings (SSSR count). The smallest absolute Gasteiger partial charge is 0.253 e. The predicted molar refractivity (Wildman–Crippen MR) is 142 cm³/mol. The number of nitrogens with zero attached hydrogens (tertiary/aromatic N) is 4. The van der Waals surface area contributed by atoms with Crippen molar-refractivity contribution in [1.82, 2.24) is 20.2 Å². The standard InChI is InChI=1S/C27H28N6OS/c1-19-13-15-23(16-14-19)28-18-25-30-32-27(33(25)24-11-5-4-6-12-24)35-21(3)26(34)31-29-17-22-10-8-7-9-20(22)2/h4-17,21,28H,18H2,1-3H3,(H,31,34)/t21-/m1/s1. The van der Waals surface area contributed by atoms with E-state index in [0.29, 0.717) is 11.7 Å². The molecule has 0 aliphatic rings. The van der Waals surface area contributed by atoms with E-state index in [4.69, 9.17) is 0 Å². The number of rotatable bonds is 9. The van der Waals surface area contributed by atoms with Crippen molar-refractivity contribution in [1.29, 1.82) is 0 Å². The second kappa shape index (κ2) is 11.5. The van der Waals surface area contributed by atoms with Crippen molar-refractivity contribution in [2.24, 2.45) is 5.10 Å². The normalized spacial score (nSPS) is 12.0. The highest BCUT2D eigenvalue weighted by Gasteiger charge is 2.21. The first-order valence-corrected chi connectivity index (χ1v) is 12.2. The molecule has 0 saturated heterocycles. The minimum Gasteiger partial charge on any atom is -0.378 e. The second-order valence-corrected chi connectivity index (χ2v) is 9.45. The number of thioether (sulfide) groups is 1. The first-order chi connectivity index (χ1) is 17.0. The summed E-state index contributed by atoms with van der Waals surface area (Å²) in [6, 6.07) is 26.0. The molecular weight excluding hydrogens is 456 g/mol. The third-order valence-electron chi connectivity index (χ3n) is 5.44. The lowest BCUT2D eigenvalue weighted by molar-refractivity contribution is -0.120. The van der Waals surface area contributed by atoms with Crippen molar-refractivity contribution in [2.45, 2.75) is 37.7 Å². The Labute approximate surface area is 209 Å². The van der Waals surface area contributed by atoms with Crippen LogP contribution in [0.4, 0.5) is 5.69 Å². The lowest BCUT2D eigenvalue weighted by Gasteiger charge is -2.13. The van der Waals surface area contributed by atoms with E-state index in [1.54, 1.807) is 6.21 Å². The molecule has 0 aliphatic carbocycles. The van der Waals surface area contributed by atoms with Crippen LogP contribution in [0.2, 0.25) is 0 Å². The van der Waals surface area contributed by atoms with Gasteiger partial charge in [0, 0.05) is 11.4 Å². The van der Waals surface area contributed by atoms with E-state index in [1.807, 2.05) is 85.1 Å². The number of nitrogens with one attached hydrogen (secondary N) is 2. The quantitative estimate of drug-likeness (QED) is 0.196. The molecule has 0 radical (unpaired) electrons. The molecule has 0 saturated carbocycles. The van der Waals surface area contributed by atoms with Gasteiger partial charge < -0.3 is 5.32 Å². The summed E-state index contributed by atoms with van der Waals surface area (Å²) < 4.78 is 1.98. The number of benzene rings is 3. The van der Waals surface area contributed by atoms with Gasteiger partial charge in [-0.15, -0.1) is 10.2 Å². The molecule has 0 aliphatic heterocycles. The van der Waals surface area contributed by atoms with E-state index >= 15 is 0 Å². The third kappa shape index (κ3) is 6.36. The summed E-state index contributed by atoms with van der Waals surface area (Å²) in [5, 5.41) is 16.6. The monoisotopic (exact) mass is 484 g/mol. The number of aromatic nitrogens is 3. The highest BCUT2D eigenvalue weighted by molar-refractivity contribution is 8.00. The summed E-state index contributed by atoms with van der Waals surface area (Å²) in [5.41, 5.74) is 7.84. The van der Waals surface area contributed by atoms with Gasteiger partial charge in [-0.3, -0.25) is 9.36 Å². The van der Waals surface area contributed by atoms with E-state index in [1.165, 1.54) is 17.3 Å². The first-order valence-electron chi connectivity index (χ1n) is 11.4. The molecular formula is C27H28N6OS. The van der Waals surface area contributed by atoms with Gasteiger partial charge in [0.1, 0.15) is 0 Å². The zero-order valence-electron chi connectivity index (χ0n) is 20.0. The number of hydrogen-bond donors (Lipinski definition) is 2. The van der Waals surface area contributed by atoms with Crippen LogP contribution >= 0.6 is 11.8 Å². The summed E-state index contributed by atoms with van der Waals surface area (Å²) in [6.07, 6.45) is 1.66. The number of anilines is 1. The fraction of sp³-hybridized carbons (Fsp3) is 0.185. The lowest BCUT2D eigenvalue weighted by atomic mass is 10.1. The van der Waals surface area contributed by atoms with Gasteiger partial charge in [-0.1, -0.05) is 71.9 Å². The van der Waals surface area contributed by atoms with Crippen LogP contribution in [-0.4, -0.2) is 32.1 Å². The lowest BCUT2D eigenvalue weighted by Crippen LogP contribution is -2.27. The summed E-state index contributed by atoms with van der Waals surface area (Å²) in [6.45, 7) is 6.39. The van der Waals surface area contributed by atoms with Crippen LogP contribution in [0.15, 0.2) is 89.1 Å². The maximum Gasteiger partial charge on any atom is 0.253 e. The number of hydrazone groups is 1. The van der Waals surface area contributed by atoms with E-state index in [-0.39, 0.29) is 5.91 Å². The Balaban J connectivity index is 1.47. The van der Waals surface area contributed by atoms with Gasteiger partial charge in [0.25, 0.3) is 5.91 Å². The van der Waals surface area contributed by atoms with Crippen LogP contribution in [0.25, 0.3) is 5.69 Å². The molecule has 3 aromatic carbocycles. The largest absolute Gasteiger partial charge is 0.378 e. The highest BCUT2D eigenvalue weighted by Crippen LogP contribution is 2.26. The van der Waals surface area contributed by atoms with Crippen LogP contribution < -0.4 is 10.7 Å². The number of aryl methyl sites for hydroxylation is 2. The van der Waals surface area contributed by atoms with Gasteiger partial charge >= 0.3 is 0 Å². The Hall–Kier alpha value is -3.91. The SMILES string of the molecule is Cc1ccc(NCc2nnc(S[C@H](C)C(=O)NN=Cc3ccccc3C)n2-c2ccccc2)cc1. The first kappa shape index (κ1) is 24.2. The summed E-state index contributed by atoms with van der Waals surface area (Å²) in [7, 11) is 0. The number of amides is 1. The van der Waals surface area contributed by atoms with Crippen molar-refractivity contribution < 1.29 is 4.79 Å². The zero-order valence-corrected chi connectivity index (χ0v) is 20.8. The molecule has 2 N–H and O–H groups in total. The molecule has 1 heterocycles. The molecule has 178 valence electrons. The van der Waals surface area contributed by atoms with Crippen molar-refractivity contribution in [3.8, 4) is 5.69 Å². The van der Waals surface area contributed by atoms with E-state index in [0.717, 1.165) is 28.3 Å². The molecule has 0 fully saturated rings. The van der Waals surface area contributed by atoms with Crippen LogP contribution in [0.1, 0.15) is 29.4 Å². The Bertz CT molecular complexity index is 1300. The van der Waals surface area contributed by atoms with E-state index in [2.05, 4.69) is 45.1 Å². The maximum atomic E-state index is 12.7. The molecule has 35 heavy (non-hydrogen) atoms. The molecule has 0 unspecified atom stereocenters.